The highest BCUT2D eigenvalue weighted by Gasteiger charge is 2.16. The first-order valence-corrected chi connectivity index (χ1v) is 10.6. The highest BCUT2D eigenvalue weighted by molar-refractivity contribution is 7.98. The Bertz CT molecular complexity index is 1360. The van der Waals surface area contributed by atoms with E-state index in [1.54, 1.807) is 12.1 Å². The number of hydrogen-bond donors (Lipinski definition) is 2. The number of H-pyrrole nitrogens is 2. The van der Waals surface area contributed by atoms with Crippen molar-refractivity contribution in [3.8, 4) is 5.69 Å². The molecule has 4 aromatic rings. The van der Waals surface area contributed by atoms with Crippen LogP contribution in [0.2, 0.25) is 0 Å². The average molecular weight is 450 g/mol. The molecule has 4 rings (SSSR count). The van der Waals surface area contributed by atoms with Gasteiger partial charge in [0.05, 0.1) is 4.92 Å². The zero-order valence-electron chi connectivity index (χ0n) is 16.9. The summed E-state index contributed by atoms with van der Waals surface area (Å²) in [5.74, 6) is 1.09. The standard InChI is InChI=1S/C21H18N6O4S/c1-13-3-2-4-17(9-13)26-18(10-15-11-19(28)23-20(29)22-15)24-25-21(26)32-12-14-5-7-16(8-6-14)27(30)31/h2-9,11H,10,12H2,1H3,(H2,22,23,28,29). The molecule has 10 nitrogen and oxygen atoms in total. The van der Waals surface area contributed by atoms with Crippen molar-refractivity contribution in [3.05, 3.63) is 108 Å². The van der Waals surface area contributed by atoms with Crippen LogP contribution in [0.15, 0.2) is 69.3 Å². The van der Waals surface area contributed by atoms with Crippen molar-refractivity contribution in [3.63, 3.8) is 0 Å². The van der Waals surface area contributed by atoms with E-state index in [9.17, 15) is 19.7 Å². The van der Waals surface area contributed by atoms with Crippen molar-refractivity contribution in [2.24, 2.45) is 0 Å². The molecule has 0 radical (unpaired) electrons. The number of hydrogen-bond acceptors (Lipinski definition) is 7. The van der Waals surface area contributed by atoms with E-state index in [1.807, 2.05) is 35.8 Å². The van der Waals surface area contributed by atoms with Crippen molar-refractivity contribution in [1.29, 1.82) is 0 Å². The normalized spacial score (nSPS) is 10.9. The molecular weight excluding hydrogens is 432 g/mol. The number of nitro benzene ring substituents is 1. The summed E-state index contributed by atoms with van der Waals surface area (Å²) in [5.41, 5.74) is 2.20. The lowest BCUT2D eigenvalue weighted by Gasteiger charge is -2.11. The van der Waals surface area contributed by atoms with E-state index in [1.165, 1.54) is 30.0 Å². The molecule has 2 aromatic heterocycles. The van der Waals surface area contributed by atoms with E-state index < -0.39 is 16.2 Å². The second-order valence-corrected chi connectivity index (χ2v) is 8.02. The van der Waals surface area contributed by atoms with Crippen LogP contribution in [0.3, 0.4) is 0 Å². The van der Waals surface area contributed by atoms with Crippen LogP contribution in [0, 0.1) is 17.0 Å². The predicted octanol–water partition coefficient (Wildman–Crippen LogP) is 2.74. The van der Waals surface area contributed by atoms with E-state index in [4.69, 9.17) is 0 Å². The van der Waals surface area contributed by atoms with Crippen LogP contribution < -0.4 is 11.2 Å². The fourth-order valence-corrected chi connectivity index (χ4v) is 4.11. The summed E-state index contributed by atoms with van der Waals surface area (Å²) in [4.78, 5) is 38.5. The van der Waals surface area contributed by atoms with Crippen LogP contribution in [-0.4, -0.2) is 29.7 Å². The Balaban J connectivity index is 1.66. The van der Waals surface area contributed by atoms with Crippen molar-refractivity contribution >= 4 is 17.4 Å². The SMILES string of the molecule is Cc1cccc(-n2c(Cc3cc(=O)[nH]c(=O)[nH]3)nnc2SCc2ccc([N+](=O)[O-])cc2)c1. The molecule has 0 saturated carbocycles. The number of benzene rings is 2. The predicted molar refractivity (Wildman–Crippen MR) is 119 cm³/mol. The number of nitro groups is 1. The van der Waals surface area contributed by atoms with Crippen LogP contribution in [-0.2, 0) is 12.2 Å². The third kappa shape index (κ3) is 4.83. The van der Waals surface area contributed by atoms with Crippen molar-refractivity contribution < 1.29 is 4.92 Å². The minimum Gasteiger partial charge on any atom is -0.311 e. The van der Waals surface area contributed by atoms with Gasteiger partial charge < -0.3 is 4.98 Å². The molecule has 0 unspecified atom stereocenters. The number of aromatic nitrogens is 5. The summed E-state index contributed by atoms with van der Waals surface area (Å²) in [6.45, 7) is 1.98. The quantitative estimate of drug-likeness (QED) is 0.251. The van der Waals surface area contributed by atoms with Gasteiger partial charge in [0.2, 0.25) is 0 Å². The molecule has 11 heteroatoms. The van der Waals surface area contributed by atoms with E-state index >= 15 is 0 Å². The van der Waals surface area contributed by atoms with Gasteiger partial charge in [-0.05, 0) is 30.2 Å². The second kappa shape index (κ2) is 9.02. The molecule has 2 N–H and O–H groups in total. The first-order chi connectivity index (χ1) is 15.4. The Hall–Kier alpha value is -3.99. The van der Waals surface area contributed by atoms with Gasteiger partial charge in [-0.3, -0.25) is 24.5 Å². The minimum absolute atomic E-state index is 0.0378. The molecule has 0 saturated heterocycles. The number of nitrogens with one attached hydrogen (secondary N) is 2. The van der Waals surface area contributed by atoms with Crippen LogP contribution in [0.5, 0.6) is 0 Å². The topological polar surface area (TPSA) is 140 Å². The van der Waals surface area contributed by atoms with E-state index in [0.717, 1.165) is 16.8 Å². The van der Waals surface area contributed by atoms with Crippen LogP contribution in [0.4, 0.5) is 5.69 Å². The van der Waals surface area contributed by atoms with Gasteiger partial charge in [-0.25, -0.2) is 4.79 Å². The highest BCUT2D eigenvalue weighted by Crippen LogP contribution is 2.27. The molecule has 162 valence electrons. The molecule has 0 aliphatic carbocycles. The van der Waals surface area contributed by atoms with E-state index in [2.05, 4.69) is 20.2 Å². The zero-order valence-corrected chi connectivity index (χ0v) is 17.8. The van der Waals surface area contributed by atoms with Crippen LogP contribution in [0.25, 0.3) is 5.69 Å². The maximum atomic E-state index is 11.7. The summed E-state index contributed by atoms with van der Waals surface area (Å²) >= 11 is 1.43. The number of rotatable bonds is 7. The summed E-state index contributed by atoms with van der Waals surface area (Å²) < 4.78 is 1.88. The smallest absolute Gasteiger partial charge is 0.311 e. The number of thioether (sulfide) groups is 1. The zero-order chi connectivity index (χ0) is 22.7. The molecule has 2 heterocycles. The summed E-state index contributed by atoms with van der Waals surface area (Å²) in [5, 5.41) is 20.1. The Morgan fingerprint density at radius 1 is 1.06 bits per heavy atom. The molecular formula is C21H18N6O4S. The first-order valence-electron chi connectivity index (χ1n) is 9.59. The molecule has 2 aromatic carbocycles. The monoisotopic (exact) mass is 450 g/mol. The highest BCUT2D eigenvalue weighted by atomic mass is 32.2. The molecule has 0 aliphatic heterocycles. The maximum absolute atomic E-state index is 11.7. The summed E-state index contributed by atoms with van der Waals surface area (Å²) in [7, 11) is 0. The third-order valence-electron chi connectivity index (χ3n) is 4.64. The van der Waals surface area contributed by atoms with Gasteiger partial charge in [-0.15, -0.1) is 10.2 Å². The largest absolute Gasteiger partial charge is 0.325 e. The van der Waals surface area contributed by atoms with E-state index in [-0.39, 0.29) is 12.1 Å². The lowest BCUT2D eigenvalue weighted by molar-refractivity contribution is -0.384. The van der Waals surface area contributed by atoms with Crippen LogP contribution in [0.1, 0.15) is 22.6 Å². The Labute approximate surface area is 185 Å². The number of aromatic amines is 2. The number of non-ortho nitro benzene ring substituents is 1. The van der Waals surface area contributed by atoms with Gasteiger partial charge in [0.15, 0.2) is 5.16 Å². The van der Waals surface area contributed by atoms with E-state index in [0.29, 0.717) is 22.4 Å². The molecule has 0 fully saturated rings. The summed E-state index contributed by atoms with van der Waals surface area (Å²) in [6.07, 6.45) is 0.207. The Kier molecular flexibility index (Phi) is 5.99. The fourth-order valence-electron chi connectivity index (χ4n) is 3.18. The number of aryl methyl sites for hydroxylation is 1. The maximum Gasteiger partial charge on any atom is 0.325 e. The molecule has 0 spiro atoms. The third-order valence-corrected chi connectivity index (χ3v) is 5.64. The van der Waals surface area contributed by atoms with Crippen molar-refractivity contribution in [2.45, 2.75) is 24.3 Å². The number of nitrogens with zero attached hydrogens (tertiary/aromatic N) is 4. The van der Waals surface area contributed by atoms with Crippen molar-refractivity contribution in [1.82, 2.24) is 24.7 Å². The van der Waals surface area contributed by atoms with Gasteiger partial charge in [-0.1, -0.05) is 36.0 Å². The Morgan fingerprint density at radius 2 is 1.84 bits per heavy atom. The molecule has 0 aliphatic rings. The average Bonchev–Trinajstić information content (AvgIpc) is 3.14. The van der Waals surface area contributed by atoms with Crippen molar-refractivity contribution in [2.75, 3.05) is 0 Å². The molecule has 0 atom stereocenters. The van der Waals surface area contributed by atoms with Gasteiger partial charge in [0.1, 0.15) is 5.82 Å². The first kappa shape index (κ1) is 21.2. The molecule has 0 amide bonds. The second-order valence-electron chi connectivity index (χ2n) is 7.08. The minimum atomic E-state index is -0.582. The lowest BCUT2D eigenvalue weighted by atomic mass is 10.2. The van der Waals surface area contributed by atoms with Gasteiger partial charge >= 0.3 is 5.69 Å². The fraction of sp³-hybridized carbons (Fsp3) is 0.143. The molecule has 0 bridgehead atoms. The van der Waals surface area contributed by atoms with Gasteiger partial charge in [0.25, 0.3) is 11.2 Å². The summed E-state index contributed by atoms with van der Waals surface area (Å²) in [6, 6.07) is 15.5. The lowest BCUT2D eigenvalue weighted by Crippen LogP contribution is -2.23. The van der Waals surface area contributed by atoms with Crippen LogP contribution >= 0.6 is 11.8 Å². The Morgan fingerprint density at radius 3 is 2.53 bits per heavy atom. The van der Waals surface area contributed by atoms with Gasteiger partial charge in [-0.2, -0.15) is 0 Å². The van der Waals surface area contributed by atoms with Gasteiger partial charge in [0, 0.05) is 41.8 Å². The molecule has 32 heavy (non-hydrogen) atoms.